The Kier molecular flexibility index (Phi) is 4.60. The molecule has 0 aromatic carbocycles. The van der Waals surface area contributed by atoms with Gasteiger partial charge in [-0.05, 0) is 25.8 Å². The van der Waals surface area contributed by atoms with Crippen LogP contribution in [0, 0.1) is 6.92 Å². The molecule has 2 aromatic rings. The molecule has 0 aliphatic carbocycles. The van der Waals surface area contributed by atoms with Gasteiger partial charge in [-0.1, -0.05) is 12.8 Å². The predicted molar refractivity (Wildman–Crippen MR) is 90.5 cm³/mol. The second kappa shape index (κ2) is 6.81. The third kappa shape index (κ3) is 3.36. The molecule has 0 bridgehead atoms. The van der Waals surface area contributed by atoms with Crippen LogP contribution in [-0.2, 0) is 0 Å². The maximum Gasteiger partial charge on any atom is 0.222 e. The molecular weight excluding hydrogens is 290 g/mol. The molecule has 1 saturated heterocycles. The molecule has 122 valence electrons. The summed E-state index contributed by atoms with van der Waals surface area (Å²) < 4.78 is 5.52. The Bertz CT molecular complexity index is 656. The first-order chi connectivity index (χ1) is 11.2. The Labute approximate surface area is 136 Å². The number of anilines is 2. The average Bonchev–Trinajstić information content (AvgIpc) is 2.79. The van der Waals surface area contributed by atoms with Crippen LogP contribution in [0.5, 0.6) is 5.75 Å². The molecule has 6 nitrogen and oxygen atoms in total. The summed E-state index contributed by atoms with van der Waals surface area (Å²) in [5, 5.41) is 0. The van der Waals surface area contributed by atoms with Crippen LogP contribution in [0.3, 0.4) is 0 Å². The van der Waals surface area contributed by atoms with E-state index >= 15 is 0 Å². The summed E-state index contributed by atoms with van der Waals surface area (Å²) in [4.78, 5) is 15.2. The number of rotatable bonds is 3. The fraction of sp³-hybridized carbons (Fsp3) is 0.471. The maximum absolute atomic E-state index is 5.86. The van der Waals surface area contributed by atoms with E-state index in [4.69, 9.17) is 10.5 Å². The maximum atomic E-state index is 5.86. The SMILES string of the molecule is COc1cnccc1C1CCCCCN1c1cc(C)nc(N)n1. The van der Waals surface area contributed by atoms with Gasteiger partial charge in [0.25, 0.3) is 0 Å². The number of pyridine rings is 1. The van der Waals surface area contributed by atoms with Crippen molar-refractivity contribution in [2.45, 2.75) is 38.6 Å². The lowest BCUT2D eigenvalue weighted by Gasteiger charge is -2.32. The van der Waals surface area contributed by atoms with E-state index in [1.54, 1.807) is 13.3 Å². The van der Waals surface area contributed by atoms with E-state index in [0.717, 1.165) is 42.2 Å². The molecule has 6 heteroatoms. The molecule has 2 aromatic heterocycles. The molecule has 0 radical (unpaired) electrons. The Hall–Kier alpha value is -2.37. The minimum Gasteiger partial charge on any atom is -0.495 e. The number of methoxy groups -OCH3 is 1. The van der Waals surface area contributed by atoms with Crippen molar-refractivity contribution in [3.63, 3.8) is 0 Å². The number of ether oxygens (including phenoxy) is 1. The molecule has 2 N–H and O–H groups in total. The van der Waals surface area contributed by atoms with Crippen LogP contribution < -0.4 is 15.4 Å². The van der Waals surface area contributed by atoms with Crippen LogP contribution in [-0.4, -0.2) is 28.6 Å². The van der Waals surface area contributed by atoms with Gasteiger partial charge >= 0.3 is 0 Å². The van der Waals surface area contributed by atoms with Crippen molar-refractivity contribution in [1.29, 1.82) is 0 Å². The number of hydrogen-bond acceptors (Lipinski definition) is 6. The van der Waals surface area contributed by atoms with Crippen LogP contribution in [0.1, 0.15) is 43.0 Å². The van der Waals surface area contributed by atoms with Gasteiger partial charge in [0.2, 0.25) is 5.95 Å². The van der Waals surface area contributed by atoms with Crippen molar-refractivity contribution in [2.24, 2.45) is 0 Å². The standard InChI is InChI=1S/C17H23N5O/c1-12-10-16(21-17(18)20-12)22-9-5-3-4-6-14(22)13-7-8-19-11-15(13)23-2/h7-8,10-11,14H,3-6,9H2,1-2H3,(H2,18,20,21). The third-order valence-corrected chi connectivity index (χ3v) is 4.30. The summed E-state index contributed by atoms with van der Waals surface area (Å²) >= 11 is 0. The molecular formula is C17H23N5O. The normalized spacial score (nSPS) is 18.5. The zero-order valence-electron chi connectivity index (χ0n) is 13.7. The molecule has 1 atom stereocenters. The van der Waals surface area contributed by atoms with Crippen molar-refractivity contribution in [1.82, 2.24) is 15.0 Å². The zero-order valence-corrected chi connectivity index (χ0v) is 13.7. The van der Waals surface area contributed by atoms with Crippen LogP contribution >= 0.6 is 0 Å². The van der Waals surface area contributed by atoms with Crippen LogP contribution in [0.25, 0.3) is 0 Å². The van der Waals surface area contributed by atoms with E-state index in [1.165, 1.54) is 12.8 Å². The van der Waals surface area contributed by atoms with Crippen molar-refractivity contribution >= 4 is 11.8 Å². The lowest BCUT2D eigenvalue weighted by atomic mass is 10.0. The van der Waals surface area contributed by atoms with Gasteiger partial charge in [0, 0.05) is 30.1 Å². The van der Waals surface area contributed by atoms with Gasteiger partial charge in [-0.25, -0.2) is 4.98 Å². The number of aromatic nitrogens is 3. The van der Waals surface area contributed by atoms with Gasteiger partial charge < -0.3 is 15.4 Å². The van der Waals surface area contributed by atoms with E-state index in [2.05, 4.69) is 19.9 Å². The molecule has 23 heavy (non-hydrogen) atoms. The summed E-state index contributed by atoms with van der Waals surface area (Å²) in [6.07, 6.45) is 8.21. The Morgan fingerprint density at radius 1 is 1.26 bits per heavy atom. The molecule has 3 heterocycles. The minimum atomic E-state index is 0.212. The van der Waals surface area contributed by atoms with Crippen molar-refractivity contribution in [3.8, 4) is 5.75 Å². The molecule has 0 amide bonds. The Morgan fingerprint density at radius 2 is 2.13 bits per heavy atom. The Balaban J connectivity index is 2.03. The van der Waals surface area contributed by atoms with Crippen LogP contribution in [0.4, 0.5) is 11.8 Å². The van der Waals surface area contributed by atoms with E-state index in [9.17, 15) is 0 Å². The highest BCUT2D eigenvalue weighted by molar-refractivity contribution is 5.48. The number of nitrogens with zero attached hydrogens (tertiary/aromatic N) is 4. The number of aryl methyl sites for hydroxylation is 1. The molecule has 1 aliphatic rings. The molecule has 0 saturated carbocycles. The number of nitrogens with two attached hydrogens (primary N) is 1. The molecule has 1 aliphatic heterocycles. The first-order valence-electron chi connectivity index (χ1n) is 8.04. The molecule has 3 rings (SSSR count). The predicted octanol–water partition coefficient (Wildman–Crippen LogP) is 2.89. The quantitative estimate of drug-likeness (QED) is 0.939. The largest absolute Gasteiger partial charge is 0.495 e. The van der Waals surface area contributed by atoms with Crippen molar-refractivity contribution < 1.29 is 4.74 Å². The van der Waals surface area contributed by atoms with Gasteiger partial charge in [0.15, 0.2) is 0 Å². The first kappa shape index (κ1) is 15.5. The van der Waals surface area contributed by atoms with E-state index < -0.39 is 0 Å². The van der Waals surface area contributed by atoms with Crippen molar-refractivity contribution in [3.05, 3.63) is 35.8 Å². The Morgan fingerprint density at radius 3 is 2.91 bits per heavy atom. The van der Waals surface area contributed by atoms with Crippen LogP contribution in [0.2, 0.25) is 0 Å². The zero-order chi connectivity index (χ0) is 16.2. The summed E-state index contributed by atoms with van der Waals surface area (Å²) in [6.45, 7) is 2.90. The minimum absolute atomic E-state index is 0.212. The number of hydrogen-bond donors (Lipinski definition) is 1. The highest BCUT2D eigenvalue weighted by atomic mass is 16.5. The number of nitrogen functional groups attached to an aromatic ring is 1. The summed E-state index contributed by atoms with van der Waals surface area (Å²) in [5.74, 6) is 2.04. The molecule has 0 spiro atoms. The summed E-state index contributed by atoms with van der Waals surface area (Å²) in [6, 6.07) is 4.26. The first-order valence-corrected chi connectivity index (χ1v) is 8.04. The van der Waals surface area contributed by atoms with E-state index in [1.807, 2.05) is 25.3 Å². The molecule has 1 fully saturated rings. The second-order valence-corrected chi connectivity index (χ2v) is 5.90. The van der Waals surface area contributed by atoms with Gasteiger partial charge in [-0.15, -0.1) is 0 Å². The fourth-order valence-electron chi connectivity index (χ4n) is 3.26. The van der Waals surface area contributed by atoms with Gasteiger partial charge in [0.1, 0.15) is 11.6 Å². The lowest BCUT2D eigenvalue weighted by Crippen LogP contribution is -2.30. The summed E-state index contributed by atoms with van der Waals surface area (Å²) in [5.41, 5.74) is 7.90. The smallest absolute Gasteiger partial charge is 0.222 e. The monoisotopic (exact) mass is 313 g/mol. The van der Waals surface area contributed by atoms with Gasteiger partial charge in [-0.3, -0.25) is 4.98 Å². The highest BCUT2D eigenvalue weighted by Gasteiger charge is 2.26. The third-order valence-electron chi connectivity index (χ3n) is 4.30. The van der Waals surface area contributed by atoms with E-state index in [-0.39, 0.29) is 6.04 Å². The average molecular weight is 313 g/mol. The van der Waals surface area contributed by atoms with Crippen molar-refractivity contribution in [2.75, 3.05) is 24.3 Å². The van der Waals surface area contributed by atoms with Gasteiger partial charge in [0.05, 0.1) is 19.3 Å². The topological polar surface area (TPSA) is 77.2 Å². The highest BCUT2D eigenvalue weighted by Crippen LogP contribution is 2.37. The fourth-order valence-corrected chi connectivity index (χ4v) is 3.26. The second-order valence-electron chi connectivity index (χ2n) is 5.90. The van der Waals surface area contributed by atoms with Gasteiger partial charge in [-0.2, -0.15) is 4.98 Å². The molecule has 1 unspecified atom stereocenters. The lowest BCUT2D eigenvalue weighted by molar-refractivity contribution is 0.400. The van der Waals surface area contributed by atoms with Crippen LogP contribution in [0.15, 0.2) is 24.5 Å². The van der Waals surface area contributed by atoms with E-state index in [0.29, 0.717) is 5.95 Å². The summed E-state index contributed by atoms with van der Waals surface area (Å²) in [7, 11) is 1.69.